The average molecular weight is 838 g/mol. The van der Waals surface area contributed by atoms with Crippen LogP contribution >= 0.6 is 0 Å². The summed E-state index contributed by atoms with van der Waals surface area (Å²) in [6, 6.07) is 34.5. The first-order valence-corrected chi connectivity index (χ1v) is 24.0. The molecular formula is C46H63NO9S2. The molecule has 10 nitrogen and oxygen atoms in total. The lowest BCUT2D eigenvalue weighted by Crippen LogP contribution is -2.33. The van der Waals surface area contributed by atoms with Crippen molar-refractivity contribution in [3.63, 3.8) is 0 Å². The third kappa shape index (κ3) is 16.0. The van der Waals surface area contributed by atoms with Gasteiger partial charge in [0.1, 0.15) is 17.1 Å². The Labute approximate surface area is 347 Å². The largest absolute Gasteiger partial charge is 0.497 e. The summed E-state index contributed by atoms with van der Waals surface area (Å²) in [6.45, 7) is 4.37. The van der Waals surface area contributed by atoms with E-state index in [1.807, 2.05) is 78.9 Å². The molecule has 0 radical (unpaired) electrons. The third-order valence-corrected chi connectivity index (χ3v) is 12.0. The zero-order chi connectivity index (χ0) is 41.7. The van der Waals surface area contributed by atoms with E-state index in [9.17, 15) is 16.8 Å². The van der Waals surface area contributed by atoms with Crippen molar-refractivity contribution < 1.29 is 40.2 Å². The summed E-state index contributed by atoms with van der Waals surface area (Å²) in [5.74, 6) is 0.942. The molecule has 0 aliphatic heterocycles. The quantitative estimate of drug-likeness (QED) is 0.0309. The Bertz CT molecular complexity index is 1920. The number of hydrogen-bond acceptors (Lipinski definition) is 8. The van der Waals surface area contributed by atoms with Crippen molar-refractivity contribution in [2.24, 2.45) is 0 Å². The van der Waals surface area contributed by atoms with E-state index < -0.39 is 25.8 Å². The molecule has 4 rings (SSSR count). The summed E-state index contributed by atoms with van der Waals surface area (Å²) in [4.78, 5) is 2.07. The zero-order valence-electron chi connectivity index (χ0n) is 34.3. The molecule has 0 amide bonds. The zero-order valence-corrected chi connectivity index (χ0v) is 35.9. The SMILES string of the molecule is CCCCCCCCCCOc1ccc(C(OCCc2ccc(N(CCCCS(=O)(=O)O)CCCCS(=O)(=O)O)cc2)(c2ccccc2)c2ccc(OC)cc2)cc1. The minimum Gasteiger partial charge on any atom is -0.497 e. The van der Waals surface area contributed by atoms with Crippen LogP contribution in [0.15, 0.2) is 103 Å². The molecule has 0 saturated heterocycles. The predicted molar refractivity (Wildman–Crippen MR) is 233 cm³/mol. The molecule has 0 saturated carbocycles. The number of rotatable bonds is 29. The fourth-order valence-electron chi connectivity index (χ4n) is 7.20. The fraction of sp³-hybridized carbons (Fsp3) is 0.478. The summed E-state index contributed by atoms with van der Waals surface area (Å²) in [7, 11) is -6.45. The Kier molecular flexibility index (Phi) is 19.5. The van der Waals surface area contributed by atoms with Crippen molar-refractivity contribution >= 4 is 25.9 Å². The maximum Gasteiger partial charge on any atom is 0.264 e. The number of benzene rings is 4. The molecule has 0 bridgehead atoms. The van der Waals surface area contributed by atoms with Crippen LogP contribution in [-0.2, 0) is 37.0 Å². The van der Waals surface area contributed by atoms with Crippen molar-refractivity contribution in [2.75, 3.05) is 49.8 Å². The molecular weight excluding hydrogens is 775 g/mol. The van der Waals surface area contributed by atoms with Gasteiger partial charge in [-0.15, -0.1) is 0 Å². The monoisotopic (exact) mass is 837 g/mol. The molecule has 1 unspecified atom stereocenters. The lowest BCUT2D eigenvalue weighted by Gasteiger charge is -2.36. The molecule has 12 heteroatoms. The highest BCUT2D eigenvalue weighted by molar-refractivity contribution is 7.86. The highest BCUT2D eigenvalue weighted by Crippen LogP contribution is 2.42. The Morgan fingerprint density at radius 2 is 1.05 bits per heavy atom. The van der Waals surface area contributed by atoms with Gasteiger partial charge in [-0.2, -0.15) is 16.8 Å². The summed E-state index contributed by atoms with van der Waals surface area (Å²) >= 11 is 0. The van der Waals surface area contributed by atoms with E-state index in [-0.39, 0.29) is 11.5 Å². The lowest BCUT2D eigenvalue weighted by atomic mass is 9.80. The molecule has 0 aliphatic carbocycles. The van der Waals surface area contributed by atoms with E-state index in [1.165, 1.54) is 44.9 Å². The first kappa shape index (κ1) is 46.7. The van der Waals surface area contributed by atoms with E-state index in [0.717, 1.165) is 45.9 Å². The van der Waals surface area contributed by atoms with Gasteiger partial charge >= 0.3 is 0 Å². The van der Waals surface area contributed by atoms with Gasteiger partial charge in [-0.1, -0.05) is 119 Å². The number of methoxy groups -OCH3 is 1. The normalized spacial score (nSPS) is 12.9. The molecule has 0 aliphatic rings. The van der Waals surface area contributed by atoms with Crippen LogP contribution in [0.5, 0.6) is 11.5 Å². The minimum atomic E-state index is -4.05. The molecule has 4 aromatic carbocycles. The molecule has 58 heavy (non-hydrogen) atoms. The average Bonchev–Trinajstić information content (AvgIpc) is 3.21. The van der Waals surface area contributed by atoms with Gasteiger partial charge in [0.15, 0.2) is 0 Å². The van der Waals surface area contributed by atoms with Crippen LogP contribution in [0, 0.1) is 0 Å². The second kappa shape index (κ2) is 24.2. The smallest absolute Gasteiger partial charge is 0.264 e. The molecule has 1 atom stereocenters. The van der Waals surface area contributed by atoms with Crippen molar-refractivity contribution in [1.29, 1.82) is 0 Å². The van der Waals surface area contributed by atoms with Gasteiger partial charge in [0.05, 0.1) is 31.8 Å². The number of hydrogen-bond donors (Lipinski definition) is 2. The van der Waals surface area contributed by atoms with E-state index in [4.69, 9.17) is 23.3 Å². The van der Waals surface area contributed by atoms with E-state index in [0.29, 0.717) is 58.4 Å². The topological polar surface area (TPSA) is 140 Å². The van der Waals surface area contributed by atoms with Gasteiger partial charge in [-0.25, -0.2) is 0 Å². The number of ether oxygens (including phenoxy) is 3. The summed E-state index contributed by atoms with van der Waals surface area (Å²) < 4.78 is 82.1. The Balaban J connectivity index is 1.50. The maximum absolute atomic E-state index is 11.2. The molecule has 2 N–H and O–H groups in total. The van der Waals surface area contributed by atoms with Gasteiger partial charge in [0, 0.05) is 18.8 Å². The van der Waals surface area contributed by atoms with Gasteiger partial charge < -0.3 is 19.1 Å². The number of unbranched alkanes of at least 4 members (excludes halogenated alkanes) is 9. The molecule has 318 valence electrons. The highest BCUT2D eigenvalue weighted by atomic mass is 32.2. The third-order valence-electron chi connectivity index (χ3n) is 10.4. The van der Waals surface area contributed by atoms with Crippen LogP contribution < -0.4 is 14.4 Å². The predicted octanol–water partition coefficient (Wildman–Crippen LogP) is 9.91. The van der Waals surface area contributed by atoms with Crippen molar-refractivity contribution in [3.05, 3.63) is 125 Å². The van der Waals surface area contributed by atoms with Gasteiger partial charge in [-0.3, -0.25) is 9.11 Å². The van der Waals surface area contributed by atoms with Crippen molar-refractivity contribution in [1.82, 2.24) is 0 Å². The molecule has 0 spiro atoms. The minimum absolute atomic E-state index is 0.294. The van der Waals surface area contributed by atoms with Crippen molar-refractivity contribution in [3.8, 4) is 11.5 Å². The second-order valence-electron chi connectivity index (χ2n) is 14.9. The van der Waals surface area contributed by atoms with Gasteiger partial charge in [0.25, 0.3) is 20.2 Å². The number of nitrogens with zero attached hydrogens (tertiary/aromatic N) is 1. The molecule has 0 heterocycles. The number of anilines is 1. The summed E-state index contributed by atoms with van der Waals surface area (Å²) in [5.41, 5.74) is 3.94. The first-order valence-electron chi connectivity index (χ1n) is 20.7. The highest BCUT2D eigenvalue weighted by Gasteiger charge is 2.37. The Morgan fingerprint density at radius 3 is 1.57 bits per heavy atom. The van der Waals surface area contributed by atoms with Crippen LogP contribution in [0.1, 0.15) is 106 Å². The van der Waals surface area contributed by atoms with Crippen LogP contribution in [0.25, 0.3) is 0 Å². The van der Waals surface area contributed by atoms with Crippen LogP contribution in [0.2, 0.25) is 0 Å². The van der Waals surface area contributed by atoms with Crippen LogP contribution in [0.3, 0.4) is 0 Å². The lowest BCUT2D eigenvalue weighted by molar-refractivity contribution is 0.0147. The molecule has 0 aromatic heterocycles. The second-order valence-corrected chi connectivity index (χ2v) is 18.0. The van der Waals surface area contributed by atoms with E-state index in [2.05, 4.69) is 36.1 Å². The molecule has 0 fully saturated rings. The Morgan fingerprint density at radius 1 is 0.552 bits per heavy atom. The Hall–Kier alpha value is -3.94. The first-order chi connectivity index (χ1) is 27.9. The maximum atomic E-state index is 11.2. The van der Waals surface area contributed by atoms with Crippen LogP contribution in [-0.4, -0.2) is 70.9 Å². The van der Waals surface area contributed by atoms with Gasteiger partial charge in [-0.05, 0) is 97.2 Å². The molecule has 4 aromatic rings. The van der Waals surface area contributed by atoms with E-state index in [1.54, 1.807) is 7.11 Å². The van der Waals surface area contributed by atoms with Crippen molar-refractivity contribution in [2.45, 2.75) is 96.0 Å². The standard InChI is InChI=1S/C46H63NO9S2/c1-3-4-5-6-7-8-9-15-35-55-45-30-24-42(25-31-45)46(40-18-11-10-12-19-40,41-22-28-44(54-2)29-23-41)56-36-32-39-20-26-43(27-21-39)47(33-13-16-37-57(48,49)50)34-14-17-38-58(51,52)53/h10-12,18-31H,3-9,13-17,32-38H2,1-2H3,(H,48,49,50)(H,51,52,53). The van der Waals surface area contributed by atoms with E-state index >= 15 is 0 Å². The van der Waals surface area contributed by atoms with Crippen LogP contribution in [0.4, 0.5) is 5.69 Å². The van der Waals surface area contributed by atoms with Gasteiger partial charge in [0.2, 0.25) is 0 Å². The summed E-state index contributed by atoms with van der Waals surface area (Å²) in [6.07, 6.45) is 12.2. The fourth-order valence-corrected chi connectivity index (χ4v) is 8.34. The summed E-state index contributed by atoms with van der Waals surface area (Å²) in [5, 5.41) is 0.